The summed E-state index contributed by atoms with van der Waals surface area (Å²) in [5, 5.41) is 12.4. The van der Waals surface area contributed by atoms with Crippen LogP contribution in [-0.2, 0) is 14.3 Å². The van der Waals surface area contributed by atoms with E-state index in [0.717, 1.165) is 47.9 Å². The average Bonchev–Trinajstić information content (AvgIpc) is 3.41. The van der Waals surface area contributed by atoms with E-state index in [0.29, 0.717) is 13.0 Å². The van der Waals surface area contributed by atoms with E-state index in [1.54, 1.807) is 4.90 Å². The Kier molecular flexibility index (Phi) is 6.26. The van der Waals surface area contributed by atoms with E-state index in [1.807, 2.05) is 31.2 Å². The zero-order valence-corrected chi connectivity index (χ0v) is 20.0. The van der Waals surface area contributed by atoms with Gasteiger partial charge in [0.1, 0.15) is 12.6 Å². The fraction of sp³-hybridized carbons (Fsp3) is 0.464. The van der Waals surface area contributed by atoms with Crippen LogP contribution in [0.1, 0.15) is 56.1 Å². The molecule has 5 rings (SSSR count). The van der Waals surface area contributed by atoms with Gasteiger partial charge in [-0.15, -0.1) is 0 Å². The van der Waals surface area contributed by atoms with E-state index < -0.39 is 24.0 Å². The fourth-order valence-electron chi connectivity index (χ4n) is 5.81. The van der Waals surface area contributed by atoms with Gasteiger partial charge in [0.05, 0.1) is 5.92 Å². The molecule has 0 radical (unpaired) electrons. The van der Waals surface area contributed by atoms with Crippen molar-refractivity contribution in [3.05, 3.63) is 59.7 Å². The topological polar surface area (TPSA) is 95.9 Å². The lowest BCUT2D eigenvalue weighted by molar-refractivity contribution is -0.143. The molecule has 2 N–H and O–H groups in total. The third-order valence-corrected chi connectivity index (χ3v) is 7.93. The normalized spacial score (nSPS) is 20.3. The van der Waals surface area contributed by atoms with Crippen molar-refractivity contribution in [1.29, 1.82) is 0 Å². The molecular formula is C28H32N2O5. The van der Waals surface area contributed by atoms with Crippen LogP contribution in [0.3, 0.4) is 0 Å². The van der Waals surface area contributed by atoms with Crippen LogP contribution in [0.5, 0.6) is 0 Å². The number of fused-ring (bicyclic) bond motifs is 3. The van der Waals surface area contributed by atoms with Crippen molar-refractivity contribution in [3.8, 4) is 11.1 Å². The Hall–Kier alpha value is -3.35. The number of unbranched alkanes of at least 4 members (excludes halogenated alkanes) is 1. The Bertz CT molecular complexity index is 1100. The quantitative estimate of drug-likeness (QED) is 0.589. The van der Waals surface area contributed by atoms with Crippen molar-refractivity contribution in [2.45, 2.75) is 51.0 Å². The Labute approximate surface area is 205 Å². The van der Waals surface area contributed by atoms with Crippen LogP contribution in [0.25, 0.3) is 11.1 Å². The zero-order valence-electron chi connectivity index (χ0n) is 20.0. The van der Waals surface area contributed by atoms with Gasteiger partial charge in [0.25, 0.3) is 0 Å². The van der Waals surface area contributed by atoms with Gasteiger partial charge in [0.2, 0.25) is 5.91 Å². The van der Waals surface area contributed by atoms with Crippen molar-refractivity contribution in [2.24, 2.45) is 11.3 Å². The predicted octanol–water partition coefficient (Wildman–Crippen LogP) is 4.41. The first kappa shape index (κ1) is 23.4. The number of carbonyl (C=O) groups is 3. The van der Waals surface area contributed by atoms with Crippen LogP contribution in [0.4, 0.5) is 4.79 Å². The highest BCUT2D eigenvalue weighted by Crippen LogP contribution is 2.56. The molecule has 35 heavy (non-hydrogen) atoms. The number of alkyl carbamates (subject to hydrolysis) is 1. The van der Waals surface area contributed by atoms with Gasteiger partial charge in [0.15, 0.2) is 0 Å². The van der Waals surface area contributed by atoms with Gasteiger partial charge in [-0.1, -0.05) is 68.3 Å². The zero-order chi connectivity index (χ0) is 24.6. The molecule has 1 unspecified atom stereocenters. The standard InChI is InChI=1S/C28H32N2O5/c1-2-3-12-24(25(31)30-15-23(26(32)33)28(17-30)13-14-28)29-27(34)35-16-22-20-10-6-4-8-18(20)19-9-5-7-11-21(19)22/h4-11,22-24H,2-3,12-17H2,1H3,(H,29,34)(H,32,33)/t23?,24-/m0/s1. The van der Waals surface area contributed by atoms with E-state index in [1.165, 1.54) is 0 Å². The molecule has 1 heterocycles. The average molecular weight is 477 g/mol. The summed E-state index contributed by atoms with van der Waals surface area (Å²) in [6, 6.07) is 15.6. The first-order valence-corrected chi connectivity index (χ1v) is 12.6. The number of amides is 2. The number of likely N-dealkylation sites (tertiary alicyclic amines) is 1. The molecule has 2 fully saturated rings. The highest BCUT2D eigenvalue weighted by molar-refractivity contribution is 5.87. The number of hydrogen-bond acceptors (Lipinski definition) is 4. The van der Waals surface area contributed by atoms with Gasteiger partial charge >= 0.3 is 12.1 Å². The first-order valence-electron chi connectivity index (χ1n) is 12.6. The number of rotatable bonds is 8. The SMILES string of the molecule is CCCC[C@H](NC(=O)OCC1c2ccccc2-c2ccccc21)C(=O)N1CC(C(=O)O)C2(CC2)C1. The maximum atomic E-state index is 13.3. The molecule has 1 saturated heterocycles. The van der Waals surface area contributed by atoms with Gasteiger partial charge in [-0.2, -0.15) is 0 Å². The summed E-state index contributed by atoms with van der Waals surface area (Å²) in [5.74, 6) is -1.62. The van der Waals surface area contributed by atoms with E-state index in [4.69, 9.17) is 4.74 Å². The number of nitrogens with zero attached hydrogens (tertiary/aromatic N) is 1. The molecule has 3 aliphatic rings. The van der Waals surface area contributed by atoms with E-state index in [9.17, 15) is 19.5 Å². The number of nitrogens with one attached hydrogen (secondary N) is 1. The highest BCUT2D eigenvalue weighted by atomic mass is 16.5. The van der Waals surface area contributed by atoms with Crippen molar-refractivity contribution in [1.82, 2.24) is 10.2 Å². The summed E-state index contributed by atoms with van der Waals surface area (Å²) in [4.78, 5) is 39.5. The minimum absolute atomic E-state index is 0.0532. The van der Waals surface area contributed by atoms with Gasteiger partial charge < -0.3 is 20.1 Å². The minimum atomic E-state index is -0.840. The molecule has 2 amide bonds. The lowest BCUT2D eigenvalue weighted by atomic mass is 9.93. The minimum Gasteiger partial charge on any atom is -0.481 e. The number of carboxylic acid groups (broad SMARTS) is 1. The molecule has 2 aromatic carbocycles. The number of benzene rings is 2. The third kappa shape index (κ3) is 4.40. The fourth-order valence-corrected chi connectivity index (χ4v) is 5.81. The summed E-state index contributed by atoms with van der Waals surface area (Å²) < 4.78 is 5.66. The Morgan fingerprint density at radius 2 is 1.71 bits per heavy atom. The van der Waals surface area contributed by atoms with Crippen molar-refractivity contribution >= 4 is 18.0 Å². The number of aliphatic carboxylic acids is 1. The molecule has 1 saturated carbocycles. The van der Waals surface area contributed by atoms with E-state index >= 15 is 0 Å². The second-order valence-corrected chi connectivity index (χ2v) is 10.1. The number of carboxylic acids is 1. The number of hydrogen-bond donors (Lipinski definition) is 2. The summed E-state index contributed by atoms with van der Waals surface area (Å²) >= 11 is 0. The molecule has 0 bridgehead atoms. The molecule has 7 nitrogen and oxygen atoms in total. The summed E-state index contributed by atoms with van der Waals surface area (Å²) in [6.07, 6.45) is 3.23. The van der Waals surface area contributed by atoms with Gasteiger partial charge in [-0.3, -0.25) is 9.59 Å². The Morgan fingerprint density at radius 1 is 1.09 bits per heavy atom. The van der Waals surface area contributed by atoms with Crippen LogP contribution in [-0.4, -0.2) is 53.7 Å². The Morgan fingerprint density at radius 3 is 2.26 bits per heavy atom. The van der Waals surface area contributed by atoms with Crippen LogP contribution < -0.4 is 5.32 Å². The lowest BCUT2D eigenvalue weighted by Gasteiger charge is -2.24. The predicted molar refractivity (Wildman–Crippen MR) is 131 cm³/mol. The molecule has 2 aliphatic carbocycles. The first-order chi connectivity index (χ1) is 16.9. The third-order valence-electron chi connectivity index (χ3n) is 7.93. The van der Waals surface area contributed by atoms with Gasteiger partial charge in [-0.25, -0.2) is 4.79 Å². The Balaban J connectivity index is 1.24. The molecule has 7 heteroatoms. The van der Waals surface area contributed by atoms with Crippen molar-refractivity contribution < 1.29 is 24.2 Å². The maximum Gasteiger partial charge on any atom is 0.407 e. The molecular weight excluding hydrogens is 444 g/mol. The van der Waals surface area contributed by atoms with Crippen LogP contribution in [0, 0.1) is 11.3 Å². The second-order valence-electron chi connectivity index (χ2n) is 10.1. The number of ether oxygens (including phenoxy) is 1. The molecule has 1 aliphatic heterocycles. The maximum absolute atomic E-state index is 13.3. The summed E-state index contributed by atoms with van der Waals surface area (Å²) in [6.45, 7) is 2.88. The molecule has 2 aromatic rings. The number of carbonyl (C=O) groups excluding carboxylic acids is 2. The largest absolute Gasteiger partial charge is 0.481 e. The van der Waals surface area contributed by atoms with E-state index in [2.05, 4.69) is 29.6 Å². The second kappa shape index (κ2) is 9.36. The van der Waals surface area contributed by atoms with Crippen LogP contribution in [0.2, 0.25) is 0 Å². The van der Waals surface area contributed by atoms with Crippen LogP contribution in [0.15, 0.2) is 48.5 Å². The lowest BCUT2D eigenvalue weighted by Crippen LogP contribution is -2.48. The molecule has 2 atom stereocenters. The monoisotopic (exact) mass is 476 g/mol. The van der Waals surface area contributed by atoms with Crippen LogP contribution >= 0.6 is 0 Å². The molecule has 184 valence electrons. The van der Waals surface area contributed by atoms with Gasteiger partial charge in [-0.05, 0) is 41.5 Å². The molecule has 0 aromatic heterocycles. The van der Waals surface area contributed by atoms with Crippen molar-refractivity contribution in [3.63, 3.8) is 0 Å². The van der Waals surface area contributed by atoms with Gasteiger partial charge in [0, 0.05) is 24.4 Å². The van der Waals surface area contributed by atoms with E-state index in [-0.39, 0.29) is 30.4 Å². The van der Waals surface area contributed by atoms with Crippen molar-refractivity contribution in [2.75, 3.05) is 19.7 Å². The summed E-state index contributed by atoms with van der Waals surface area (Å²) in [5.41, 5.74) is 4.30. The smallest absolute Gasteiger partial charge is 0.407 e. The highest BCUT2D eigenvalue weighted by Gasteiger charge is 2.59. The molecule has 1 spiro atoms. The summed E-state index contributed by atoms with van der Waals surface area (Å²) in [7, 11) is 0.